The Morgan fingerprint density at radius 1 is 1.39 bits per heavy atom. The maximum absolute atomic E-state index is 11.9. The van der Waals surface area contributed by atoms with E-state index in [0.29, 0.717) is 16.7 Å². The number of benzene rings is 1. The molecule has 0 saturated heterocycles. The lowest BCUT2D eigenvalue weighted by atomic mass is 10.1. The van der Waals surface area contributed by atoms with Gasteiger partial charge in [0.05, 0.1) is 6.42 Å². The van der Waals surface area contributed by atoms with Gasteiger partial charge in [-0.1, -0.05) is 12.1 Å². The van der Waals surface area contributed by atoms with Crippen LogP contribution in [0.25, 0.3) is 0 Å². The van der Waals surface area contributed by atoms with E-state index < -0.39 is 5.97 Å². The smallest absolute Gasteiger partial charge is 0.307 e. The van der Waals surface area contributed by atoms with Gasteiger partial charge in [0, 0.05) is 11.6 Å². The van der Waals surface area contributed by atoms with Crippen molar-refractivity contribution in [2.45, 2.75) is 25.7 Å². The molecule has 4 nitrogen and oxygen atoms in total. The van der Waals surface area contributed by atoms with Crippen molar-refractivity contribution >= 4 is 17.6 Å². The fourth-order valence-electron chi connectivity index (χ4n) is 2.59. The molecule has 0 radical (unpaired) electrons. The van der Waals surface area contributed by atoms with E-state index in [4.69, 9.17) is 5.11 Å². The molecule has 1 aromatic rings. The van der Waals surface area contributed by atoms with E-state index in [1.54, 1.807) is 24.3 Å². The van der Waals surface area contributed by atoms with E-state index in [1.807, 2.05) is 0 Å². The summed E-state index contributed by atoms with van der Waals surface area (Å²) >= 11 is 0. The number of aliphatic carboxylic acids is 1. The van der Waals surface area contributed by atoms with Crippen LogP contribution < -0.4 is 5.32 Å². The molecule has 2 N–H and O–H groups in total. The van der Waals surface area contributed by atoms with Crippen LogP contribution in [0.15, 0.2) is 24.3 Å². The van der Waals surface area contributed by atoms with Gasteiger partial charge in [0.15, 0.2) is 0 Å². The van der Waals surface area contributed by atoms with Gasteiger partial charge in [0.1, 0.15) is 0 Å². The Labute approximate surface area is 105 Å². The Morgan fingerprint density at radius 3 is 2.78 bits per heavy atom. The number of carbonyl (C=O) groups excluding carboxylic acids is 1. The van der Waals surface area contributed by atoms with E-state index in [1.165, 1.54) is 12.8 Å². The molecule has 3 rings (SSSR count). The van der Waals surface area contributed by atoms with Gasteiger partial charge < -0.3 is 10.4 Å². The molecule has 1 spiro atoms. The Bertz CT molecular complexity index is 520. The van der Waals surface area contributed by atoms with Crippen LogP contribution >= 0.6 is 0 Å². The Morgan fingerprint density at radius 2 is 2.17 bits per heavy atom. The zero-order valence-corrected chi connectivity index (χ0v) is 9.98. The normalized spacial score (nSPS) is 22.6. The Balaban J connectivity index is 1.65. The van der Waals surface area contributed by atoms with Crippen LogP contribution in [0.5, 0.6) is 0 Å². The monoisotopic (exact) mass is 245 g/mol. The first-order chi connectivity index (χ1) is 8.59. The van der Waals surface area contributed by atoms with Gasteiger partial charge in [-0.3, -0.25) is 9.59 Å². The Hall–Kier alpha value is -1.84. The van der Waals surface area contributed by atoms with Gasteiger partial charge in [-0.05, 0) is 42.4 Å². The highest BCUT2D eigenvalue weighted by atomic mass is 16.4. The lowest BCUT2D eigenvalue weighted by Crippen LogP contribution is -2.15. The minimum atomic E-state index is -0.863. The number of carbonyl (C=O) groups is 2. The predicted octanol–water partition coefficient (Wildman–Crippen LogP) is 2.05. The van der Waals surface area contributed by atoms with Crippen molar-refractivity contribution in [3.05, 3.63) is 29.8 Å². The molecular formula is C14H15NO3. The molecule has 94 valence electrons. The highest BCUT2D eigenvalue weighted by Gasteiger charge is 2.65. The second-order valence-corrected chi connectivity index (χ2v) is 5.38. The molecule has 1 atom stereocenters. The largest absolute Gasteiger partial charge is 0.481 e. The number of hydrogen-bond donors (Lipinski definition) is 2. The number of nitrogens with one attached hydrogen (secondary N) is 1. The van der Waals surface area contributed by atoms with Crippen LogP contribution in [-0.2, 0) is 16.0 Å². The van der Waals surface area contributed by atoms with Crippen LogP contribution in [0.4, 0.5) is 5.69 Å². The first-order valence-electron chi connectivity index (χ1n) is 6.21. The second-order valence-electron chi connectivity index (χ2n) is 5.38. The van der Waals surface area contributed by atoms with Gasteiger partial charge >= 0.3 is 5.97 Å². The molecule has 0 aromatic heterocycles. The summed E-state index contributed by atoms with van der Waals surface area (Å²) < 4.78 is 0. The van der Waals surface area contributed by atoms with Crippen LogP contribution in [0.3, 0.4) is 0 Å². The third-order valence-electron chi connectivity index (χ3n) is 3.95. The second kappa shape index (κ2) is 3.83. The summed E-state index contributed by atoms with van der Waals surface area (Å²) in [6.07, 6.45) is 3.37. The third kappa shape index (κ3) is 2.10. The summed E-state index contributed by atoms with van der Waals surface area (Å²) in [7, 11) is 0. The van der Waals surface area contributed by atoms with Crippen molar-refractivity contribution in [1.82, 2.24) is 0 Å². The quantitative estimate of drug-likeness (QED) is 0.853. The highest BCUT2D eigenvalue weighted by Crippen LogP contribution is 2.70. The van der Waals surface area contributed by atoms with Crippen molar-refractivity contribution in [3.8, 4) is 0 Å². The first kappa shape index (κ1) is 11.3. The summed E-state index contributed by atoms with van der Waals surface area (Å²) in [5, 5.41) is 11.6. The topological polar surface area (TPSA) is 66.4 Å². The molecule has 0 aliphatic heterocycles. The average Bonchev–Trinajstić information content (AvgIpc) is 3.19. The van der Waals surface area contributed by atoms with Crippen molar-refractivity contribution in [1.29, 1.82) is 0 Å². The maximum atomic E-state index is 11.9. The van der Waals surface area contributed by atoms with Crippen LogP contribution in [0.2, 0.25) is 0 Å². The van der Waals surface area contributed by atoms with Gasteiger partial charge in [0.25, 0.3) is 0 Å². The van der Waals surface area contributed by atoms with Gasteiger partial charge in [-0.25, -0.2) is 0 Å². The summed E-state index contributed by atoms with van der Waals surface area (Å²) in [4.78, 5) is 22.6. The zero-order valence-electron chi connectivity index (χ0n) is 9.98. The third-order valence-corrected chi connectivity index (χ3v) is 3.95. The molecule has 0 heterocycles. The molecule has 1 unspecified atom stereocenters. The van der Waals surface area contributed by atoms with E-state index in [2.05, 4.69) is 5.32 Å². The molecule has 1 aromatic carbocycles. The number of carboxylic acids is 1. The van der Waals surface area contributed by atoms with E-state index in [-0.39, 0.29) is 18.2 Å². The standard InChI is InChI=1S/C14H15NO3/c16-12(17)7-9-2-1-3-10(6-9)15-13(18)11-8-14(11)4-5-14/h1-3,6,11H,4-5,7-8H2,(H,15,18)(H,16,17). The van der Waals surface area contributed by atoms with Gasteiger partial charge in [-0.15, -0.1) is 0 Å². The van der Waals surface area contributed by atoms with Crippen molar-refractivity contribution < 1.29 is 14.7 Å². The van der Waals surface area contributed by atoms with Gasteiger partial charge in [-0.2, -0.15) is 0 Å². The number of carboxylic acid groups (broad SMARTS) is 1. The molecule has 18 heavy (non-hydrogen) atoms. The predicted molar refractivity (Wildman–Crippen MR) is 66.2 cm³/mol. The Kier molecular flexibility index (Phi) is 2.40. The summed E-state index contributed by atoms with van der Waals surface area (Å²) in [5.41, 5.74) is 1.75. The first-order valence-corrected chi connectivity index (χ1v) is 6.21. The molecule has 2 fully saturated rings. The summed E-state index contributed by atoms with van der Waals surface area (Å²) in [6, 6.07) is 7.05. The SMILES string of the molecule is O=C(O)Cc1cccc(NC(=O)C2CC23CC3)c1. The van der Waals surface area contributed by atoms with Crippen LogP contribution in [0, 0.1) is 11.3 Å². The molecule has 0 bridgehead atoms. The maximum Gasteiger partial charge on any atom is 0.307 e. The van der Waals surface area contributed by atoms with Crippen LogP contribution in [-0.4, -0.2) is 17.0 Å². The van der Waals surface area contributed by atoms with E-state index >= 15 is 0 Å². The van der Waals surface area contributed by atoms with Crippen molar-refractivity contribution in [3.63, 3.8) is 0 Å². The van der Waals surface area contributed by atoms with Crippen molar-refractivity contribution in [2.75, 3.05) is 5.32 Å². The fraction of sp³-hybridized carbons (Fsp3) is 0.429. The molecule has 2 aliphatic rings. The number of anilines is 1. The number of rotatable bonds is 4. The molecule has 2 saturated carbocycles. The lowest BCUT2D eigenvalue weighted by Gasteiger charge is -2.06. The van der Waals surface area contributed by atoms with Crippen molar-refractivity contribution in [2.24, 2.45) is 11.3 Å². The number of amides is 1. The molecule has 2 aliphatic carbocycles. The molecule has 1 amide bonds. The number of hydrogen-bond acceptors (Lipinski definition) is 2. The van der Waals surface area contributed by atoms with E-state index in [0.717, 1.165) is 6.42 Å². The fourth-order valence-corrected chi connectivity index (χ4v) is 2.59. The van der Waals surface area contributed by atoms with Gasteiger partial charge in [0.2, 0.25) is 5.91 Å². The summed E-state index contributed by atoms with van der Waals surface area (Å²) in [6.45, 7) is 0. The lowest BCUT2D eigenvalue weighted by molar-refractivity contribution is -0.136. The molecular weight excluding hydrogens is 230 g/mol. The average molecular weight is 245 g/mol. The minimum absolute atomic E-state index is 0.0168. The minimum Gasteiger partial charge on any atom is -0.481 e. The van der Waals surface area contributed by atoms with E-state index in [9.17, 15) is 9.59 Å². The van der Waals surface area contributed by atoms with Crippen LogP contribution in [0.1, 0.15) is 24.8 Å². The molecule has 4 heteroatoms. The highest BCUT2D eigenvalue weighted by molar-refractivity contribution is 5.95. The zero-order chi connectivity index (χ0) is 12.8. The summed E-state index contributed by atoms with van der Waals surface area (Å²) in [5.74, 6) is -0.599.